The van der Waals surface area contributed by atoms with Crippen LogP contribution in [-0.4, -0.2) is 19.1 Å². The molecule has 0 saturated carbocycles. The summed E-state index contributed by atoms with van der Waals surface area (Å²) in [4.78, 5) is 9.95. The molecule has 0 aromatic heterocycles. The summed E-state index contributed by atoms with van der Waals surface area (Å²) in [6, 6.07) is 5.43. The van der Waals surface area contributed by atoms with Gasteiger partial charge in [-0.25, -0.2) is 8.42 Å². The number of sulfonamides is 1. The van der Waals surface area contributed by atoms with Crippen molar-refractivity contribution in [2.75, 3.05) is 10.5 Å². The Bertz CT molecular complexity index is 499. The van der Waals surface area contributed by atoms with Crippen LogP contribution in [0.4, 0.5) is 11.4 Å². The van der Waals surface area contributed by atoms with Crippen LogP contribution in [0.2, 0.25) is 0 Å². The molecule has 0 bridgehead atoms. The fourth-order valence-electron chi connectivity index (χ4n) is 1.25. The van der Waals surface area contributed by atoms with E-state index in [4.69, 9.17) is 0 Å². The van der Waals surface area contributed by atoms with Crippen LogP contribution < -0.4 is 4.72 Å². The van der Waals surface area contributed by atoms with E-state index in [1.165, 1.54) is 24.3 Å². The maximum Gasteiger partial charge on any atom is 0.271 e. The van der Waals surface area contributed by atoms with Crippen molar-refractivity contribution >= 4 is 21.4 Å². The molecule has 17 heavy (non-hydrogen) atoms. The Labute approximate surface area is 99.9 Å². The minimum absolute atomic E-state index is 0.0200. The first kappa shape index (κ1) is 13.4. The molecule has 0 fully saturated rings. The number of benzene rings is 1. The van der Waals surface area contributed by atoms with Crippen LogP contribution >= 0.6 is 0 Å². The SMILES string of the molecule is CCCCS(=O)(=O)Nc1cccc([N+](=O)[O-])c1. The third kappa shape index (κ3) is 4.39. The minimum atomic E-state index is -3.41. The summed E-state index contributed by atoms with van der Waals surface area (Å²) in [6.45, 7) is 1.89. The molecule has 0 unspecified atom stereocenters. The van der Waals surface area contributed by atoms with Gasteiger partial charge < -0.3 is 0 Å². The molecule has 0 aliphatic carbocycles. The van der Waals surface area contributed by atoms with Gasteiger partial charge in [0.2, 0.25) is 10.0 Å². The maximum atomic E-state index is 11.6. The van der Waals surface area contributed by atoms with Crippen molar-refractivity contribution in [3.8, 4) is 0 Å². The predicted octanol–water partition coefficient (Wildman–Crippen LogP) is 2.14. The first-order valence-electron chi connectivity index (χ1n) is 5.19. The Morgan fingerprint density at radius 2 is 2.12 bits per heavy atom. The lowest BCUT2D eigenvalue weighted by Gasteiger charge is -2.06. The highest BCUT2D eigenvalue weighted by Gasteiger charge is 2.12. The molecule has 0 aliphatic rings. The molecule has 0 aliphatic heterocycles. The number of hydrogen-bond donors (Lipinski definition) is 1. The zero-order chi connectivity index (χ0) is 12.9. The Balaban J connectivity index is 2.81. The van der Waals surface area contributed by atoms with Gasteiger partial charge in [0.1, 0.15) is 0 Å². The average Bonchev–Trinajstić information content (AvgIpc) is 2.26. The van der Waals surface area contributed by atoms with Crippen molar-refractivity contribution in [1.82, 2.24) is 0 Å². The fraction of sp³-hybridized carbons (Fsp3) is 0.400. The monoisotopic (exact) mass is 258 g/mol. The van der Waals surface area contributed by atoms with Crippen LogP contribution in [0.5, 0.6) is 0 Å². The Morgan fingerprint density at radius 3 is 2.71 bits per heavy atom. The molecule has 1 N–H and O–H groups in total. The molecule has 0 saturated heterocycles. The second-order valence-electron chi connectivity index (χ2n) is 3.58. The second-order valence-corrected chi connectivity index (χ2v) is 5.42. The van der Waals surface area contributed by atoms with Crippen molar-refractivity contribution in [2.45, 2.75) is 19.8 Å². The summed E-state index contributed by atoms with van der Waals surface area (Å²) in [5, 5.41) is 10.5. The van der Waals surface area contributed by atoms with Gasteiger partial charge >= 0.3 is 0 Å². The van der Waals surface area contributed by atoms with E-state index >= 15 is 0 Å². The van der Waals surface area contributed by atoms with E-state index in [2.05, 4.69) is 4.72 Å². The number of non-ortho nitro benzene ring substituents is 1. The first-order valence-corrected chi connectivity index (χ1v) is 6.85. The molecule has 1 rings (SSSR count). The summed E-state index contributed by atoms with van der Waals surface area (Å²) in [6.07, 6.45) is 1.33. The lowest BCUT2D eigenvalue weighted by atomic mass is 10.3. The molecular weight excluding hydrogens is 244 g/mol. The zero-order valence-corrected chi connectivity index (χ0v) is 10.2. The summed E-state index contributed by atoms with van der Waals surface area (Å²) >= 11 is 0. The van der Waals surface area contributed by atoms with Gasteiger partial charge in [-0.05, 0) is 12.5 Å². The van der Waals surface area contributed by atoms with Crippen molar-refractivity contribution in [2.24, 2.45) is 0 Å². The van der Waals surface area contributed by atoms with E-state index in [1.54, 1.807) is 0 Å². The number of nitro benzene ring substituents is 1. The highest BCUT2D eigenvalue weighted by atomic mass is 32.2. The molecule has 94 valence electrons. The highest BCUT2D eigenvalue weighted by molar-refractivity contribution is 7.92. The number of nitro groups is 1. The van der Waals surface area contributed by atoms with Crippen LogP contribution in [-0.2, 0) is 10.0 Å². The fourth-order valence-corrected chi connectivity index (χ4v) is 2.50. The highest BCUT2D eigenvalue weighted by Crippen LogP contribution is 2.18. The number of anilines is 1. The normalized spacial score (nSPS) is 11.1. The van der Waals surface area contributed by atoms with Crippen molar-refractivity contribution in [3.63, 3.8) is 0 Å². The van der Waals surface area contributed by atoms with Gasteiger partial charge in [-0.15, -0.1) is 0 Å². The number of unbranched alkanes of at least 4 members (excludes halogenated alkanes) is 1. The van der Waals surface area contributed by atoms with E-state index in [1.807, 2.05) is 6.92 Å². The number of nitrogens with zero attached hydrogens (tertiary/aromatic N) is 1. The smallest absolute Gasteiger partial charge is 0.271 e. The first-order chi connectivity index (χ1) is 7.94. The zero-order valence-electron chi connectivity index (χ0n) is 9.42. The Morgan fingerprint density at radius 1 is 1.41 bits per heavy atom. The molecule has 0 heterocycles. The minimum Gasteiger partial charge on any atom is -0.283 e. The Kier molecular flexibility index (Phi) is 4.45. The molecule has 1 aromatic carbocycles. The number of rotatable bonds is 6. The van der Waals surface area contributed by atoms with Crippen molar-refractivity contribution in [1.29, 1.82) is 0 Å². The molecule has 0 spiro atoms. The van der Waals surface area contributed by atoms with E-state index < -0.39 is 14.9 Å². The largest absolute Gasteiger partial charge is 0.283 e. The summed E-state index contributed by atoms with van der Waals surface area (Å²) in [7, 11) is -3.41. The molecular formula is C10H14N2O4S. The summed E-state index contributed by atoms with van der Waals surface area (Å²) < 4.78 is 25.4. The lowest BCUT2D eigenvalue weighted by molar-refractivity contribution is -0.384. The van der Waals surface area contributed by atoms with Gasteiger partial charge in [0.05, 0.1) is 16.4 Å². The van der Waals surface area contributed by atoms with Gasteiger partial charge in [-0.1, -0.05) is 19.4 Å². The van der Waals surface area contributed by atoms with Crippen LogP contribution in [0.25, 0.3) is 0 Å². The second kappa shape index (κ2) is 5.62. The molecule has 7 heteroatoms. The maximum absolute atomic E-state index is 11.6. The molecule has 0 radical (unpaired) electrons. The van der Waals surface area contributed by atoms with E-state index in [0.717, 1.165) is 6.42 Å². The standard InChI is InChI=1S/C10H14N2O4S/c1-2-3-7-17(15,16)11-9-5-4-6-10(8-9)12(13)14/h4-6,8,11H,2-3,7H2,1H3. The average molecular weight is 258 g/mol. The molecule has 0 amide bonds. The molecule has 0 atom stereocenters. The lowest BCUT2D eigenvalue weighted by Crippen LogP contribution is -2.16. The van der Waals surface area contributed by atoms with Crippen LogP contribution in [0.3, 0.4) is 0 Å². The van der Waals surface area contributed by atoms with Crippen molar-refractivity contribution in [3.05, 3.63) is 34.4 Å². The third-order valence-corrected chi connectivity index (χ3v) is 3.47. The van der Waals surface area contributed by atoms with Crippen molar-refractivity contribution < 1.29 is 13.3 Å². The topological polar surface area (TPSA) is 89.3 Å². The van der Waals surface area contributed by atoms with Gasteiger partial charge in [-0.2, -0.15) is 0 Å². The predicted molar refractivity (Wildman–Crippen MR) is 65.4 cm³/mol. The van der Waals surface area contributed by atoms with E-state index in [9.17, 15) is 18.5 Å². The van der Waals surface area contributed by atoms with Gasteiger partial charge in [0.15, 0.2) is 0 Å². The molecule has 1 aromatic rings. The van der Waals surface area contributed by atoms with E-state index in [-0.39, 0.29) is 17.1 Å². The van der Waals surface area contributed by atoms with E-state index in [0.29, 0.717) is 6.42 Å². The Hall–Kier alpha value is -1.63. The van der Waals surface area contributed by atoms with Gasteiger partial charge in [0.25, 0.3) is 5.69 Å². The van der Waals surface area contributed by atoms with Crippen LogP contribution in [0.15, 0.2) is 24.3 Å². The van der Waals surface area contributed by atoms with Gasteiger partial charge in [0, 0.05) is 12.1 Å². The molecule has 6 nitrogen and oxygen atoms in total. The third-order valence-electron chi connectivity index (χ3n) is 2.10. The number of hydrogen-bond acceptors (Lipinski definition) is 4. The van der Waals surface area contributed by atoms with Crippen LogP contribution in [0.1, 0.15) is 19.8 Å². The quantitative estimate of drug-likeness (QED) is 0.625. The number of nitrogens with one attached hydrogen (secondary N) is 1. The summed E-state index contributed by atoms with van der Waals surface area (Å²) in [5.41, 5.74) is 0.0796. The van der Waals surface area contributed by atoms with Gasteiger partial charge in [-0.3, -0.25) is 14.8 Å². The summed E-state index contributed by atoms with van der Waals surface area (Å²) in [5.74, 6) is 0.0200. The van der Waals surface area contributed by atoms with Crippen LogP contribution in [0, 0.1) is 10.1 Å².